The van der Waals surface area contributed by atoms with E-state index in [9.17, 15) is 9.18 Å². The summed E-state index contributed by atoms with van der Waals surface area (Å²) in [5.41, 5.74) is 8.01. The zero-order valence-electron chi connectivity index (χ0n) is 14.1. The highest BCUT2D eigenvalue weighted by molar-refractivity contribution is 7.80. The van der Waals surface area contributed by atoms with Crippen LogP contribution in [0.25, 0.3) is 5.78 Å². The summed E-state index contributed by atoms with van der Waals surface area (Å²) in [4.78, 5) is 20.6. The van der Waals surface area contributed by atoms with Crippen molar-refractivity contribution in [1.29, 1.82) is 0 Å². The summed E-state index contributed by atoms with van der Waals surface area (Å²) < 4.78 is 14.5. The molecule has 3 aromatic rings. The average molecular weight is 373 g/mol. The number of hydrazine groups is 1. The van der Waals surface area contributed by atoms with E-state index in [-0.39, 0.29) is 23.3 Å². The summed E-state index contributed by atoms with van der Waals surface area (Å²) in [7, 11) is 0. The predicted molar refractivity (Wildman–Crippen MR) is 97.9 cm³/mol. The standard InChI is InChI=1S/C16H16FN7OS/c1-9-13(10(2)24-15(20-9)18-8-19-24)7-14(25)22-23-16(26)21-12-5-3-11(17)4-6-12/h3-6,8H,7H2,1-2H3,(H,22,25)(H2,21,23,26). The van der Waals surface area contributed by atoms with Gasteiger partial charge in [-0.1, -0.05) is 0 Å². The van der Waals surface area contributed by atoms with Crippen LogP contribution in [-0.4, -0.2) is 30.6 Å². The zero-order valence-corrected chi connectivity index (χ0v) is 14.9. The van der Waals surface area contributed by atoms with Crippen molar-refractivity contribution in [1.82, 2.24) is 30.4 Å². The number of nitrogens with one attached hydrogen (secondary N) is 3. The van der Waals surface area contributed by atoms with Crippen LogP contribution in [-0.2, 0) is 11.2 Å². The van der Waals surface area contributed by atoms with Gasteiger partial charge in [-0.05, 0) is 50.3 Å². The molecule has 8 nitrogen and oxygen atoms in total. The fourth-order valence-electron chi connectivity index (χ4n) is 2.44. The van der Waals surface area contributed by atoms with Crippen molar-refractivity contribution < 1.29 is 9.18 Å². The van der Waals surface area contributed by atoms with E-state index in [2.05, 4.69) is 31.2 Å². The first kappa shape index (κ1) is 17.7. The summed E-state index contributed by atoms with van der Waals surface area (Å²) in [6.07, 6.45) is 1.52. The van der Waals surface area contributed by atoms with Crippen molar-refractivity contribution in [3.8, 4) is 0 Å². The lowest BCUT2D eigenvalue weighted by Crippen LogP contribution is -2.44. The van der Waals surface area contributed by atoms with E-state index < -0.39 is 0 Å². The van der Waals surface area contributed by atoms with Gasteiger partial charge in [-0.25, -0.2) is 13.9 Å². The minimum atomic E-state index is -0.341. The Morgan fingerprint density at radius 1 is 1.23 bits per heavy atom. The van der Waals surface area contributed by atoms with Crippen LogP contribution in [0.2, 0.25) is 0 Å². The van der Waals surface area contributed by atoms with Crippen molar-refractivity contribution >= 4 is 34.7 Å². The number of rotatable bonds is 3. The van der Waals surface area contributed by atoms with E-state index in [4.69, 9.17) is 12.2 Å². The molecule has 1 aromatic carbocycles. The Bertz CT molecular complexity index is 971. The van der Waals surface area contributed by atoms with E-state index in [1.54, 1.807) is 4.52 Å². The normalized spacial score (nSPS) is 10.6. The Morgan fingerprint density at radius 2 is 1.96 bits per heavy atom. The number of halogens is 1. The van der Waals surface area contributed by atoms with Gasteiger partial charge in [0.2, 0.25) is 5.91 Å². The predicted octanol–water partition coefficient (Wildman–Crippen LogP) is 1.44. The number of nitrogens with zero attached hydrogens (tertiary/aromatic N) is 4. The van der Waals surface area contributed by atoms with Gasteiger partial charge in [0.15, 0.2) is 5.11 Å². The molecule has 26 heavy (non-hydrogen) atoms. The molecule has 134 valence electrons. The molecule has 2 heterocycles. The number of thiocarbonyl (C=S) groups is 1. The number of anilines is 1. The molecule has 0 radical (unpaired) electrons. The Labute approximate surface area is 153 Å². The van der Waals surface area contributed by atoms with Gasteiger partial charge in [-0.15, -0.1) is 0 Å². The monoisotopic (exact) mass is 373 g/mol. The topological polar surface area (TPSA) is 96.2 Å². The van der Waals surface area contributed by atoms with E-state index in [0.29, 0.717) is 17.2 Å². The lowest BCUT2D eigenvalue weighted by atomic mass is 10.1. The highest BCUT2D eigenvalue weighted by Crippen LogP contribution is 2.13. The summed E-state index contributed by atoms with van der Waals surface area (Å²) in [6.45, 7) is 3.67. The van der Waals surface area contributed by atoms with Crippen LogP contribution in [0.3, 0.4) is 0 Å². The number of benzene rings is 1. The smallest absolute Gasteiger partial charge is 0.252 e. The largest absolute Gasteiger partial charge is 0.331 e. The molecule has 2 aromatic heterocycles. The fraction of sp³-hybridized carbons (Fsp3) is 0.188. The molecule has 0 unspecified atom stereocenters. The van der Waals surface area contributed by atoms with Crippen molar-refractivity contribution in [3.05, 3.63) is 53.4 Å². The minimum Gasteiger partial charge on any atom is -0.331 e. The Morgan fingerprint density at radius 3 is 2.69 bits per heavy atom. The first-order valence-corrected chi connectivity index (χ1v) is 8.12. The van der Waals surface area contributed by atoms with Gasteiger partial charge in [0.25, 0.3) is 5.78 Å². The minimum absolute atomic E-state index is 0.104. The highest BCUT2D eigenvalue weighted by Gasteiger charge is 2.14. The third-order valence-corrected chi connectivity index (χ3v) is 3.95. The maximum atomic E-state index is 12.9. The van der Waals surface area contributed by atoms with E-state index in [0.717, 1.165) is 11.3 Å². The van der Waals surface area contributed by atoms with Gasteiger partial charge in [0.05, 0.1) is 6.42 Å². The molecule has 3 N–H and O–H groups in total. The van der Waals surface area contributed by atoms with Gasteiger partial charge in [-0.2, -0.15) is 10.1 Å². The summed E-state index contributed by atoms with van der Waals surface area (Å²) in [5, 5.41) is 7.11. The molecule has 0 aliphatic carbocycles. The van der Waals surface area contributed by atoms with E-state index in [1.165, 1.54) is 30.6 Å². The number of aryl methyl sites for hydroxylation is 2. The number of amides is 1. The highest BCUT2D eigenvalue weighted by atomic mass is 32.1. The molecule has 0 spiro atoms. The Hall–Kier alpha value is -3.14. The quantitative estimate of drug-likeness (QED) is 0.472. The molecule has 0 fully saturated rings. The molecule has 10 heteroatoms. The lowest BCUT2D eigenvalue weighted by molar-refractivity contribution is -0.121. The van der Waals surface area contributed by atoms with Crippen molar-refractivity contribution in [2.75, 3.05) is 5.32 Å². The molecule has 1 amide bonds. The van der Waals surface area contributed by atoms with Crippen LogP contribution in [0.4, 0.5) is 10.1 Å². The SMILES string of the molecule is Cc1nc2ncnn2c(C)c1CC(=O)NNC(=S)Nc1ccc(F)cc1. The number of hydrogen-bond donors (Lipinski definition) is 3. The maximum absolute atomic E-state index is 12.9. The first-order chi connectivity index (χ1) is 12.4. The summed E-state index contributed by atoms with van der Waals surface area (Å²) in [5.74, 6) is -0.140. The third kappa shape index (κ3) is 3.91. The van der Waals surface area contributed by atoms with Crippen LogP contribution in [0, 0.1) is 19.7 Å². The number of carbonyl (C=O) groups excluding carboxylic acids is 1. The van der Waals surface area contributed by atoms with Gasteiger partial charge in [0, 0.05) is 22.6 Å². The second-order valence-corrected chi connectivity index (χ2v) is 5.95. The van der Waals surface area contributed by atoms with Crippen LogP contribution < -0.4 is 16.2 Å². The molecular weight excluding hydrogens is 357 g/mol. The van der Waals surface area contributed by atoms with Crippen LogP contribution >= 0.6 is 12.2 Å². The number of hydrogen-bond acceptors (Lipinski definition) is 5. The third-order valence-electron chi connectivity index (χ3n) is 3.74. The molecule has 0 aliphatic rings. The van der Waals surface area contributed by atoms with Gasteiger partial charge < -0.3 is 5.32 Å². The van der Waals surface area contributed by atoms with Gasteiger partial charge in [0.1, 0.15) is 12.1 Å². The van der Waals surface area contributed by atoms with Crippen molar-refractivity contribution in [3.63, 3.8) is 0 Å². The molecule has 0 bridgehead atoms. The van der Waals surface area contributed by atoms with E-state index >= 15 is 0 Å². The van der Waals surface area contributed by atoms with Crippen LogP contribution in [0.15, 0.2) is 30.6 Å². The molecular formula is C16H16FN7OS. The van der Waals surface area contributed by atoms with Gasteiger partial charge in [-0.3, -0.25) is 15.6 Å². The summed E-state index contributed by atoms with van der Waals surface area (Å²) in [6, 6.07) is 5.69. The molecule has 0 atom stereocenters. The van der Waals surface area contributed by atoms with Gasteiger partial charge >= 0.3 is 0 Å². The lowest BCUT2D eigenvalue weighted by Gasteiger charge is -2.13. The number of carbonyl (C=O) groups is 1. The maximum Gasteiger partial charge on any atom is 0.252 e. The molecule has 0 saturated heterocycles. The molecule has 0 saturated carbocycles. The average Bonchev–Trinajstić information content (AvgIpc) is 3.07. The second-order valence-electron chi connectivity index (χ2n) is 5.54. The van der Waals surface area contributed by atoms with Crippen molar-refractivity contribution in [2.45, 2.75) is 20.3 Å². The molecule has 0 aliphatic heterocycles. The fourth-order valence-corrected chi connectivity index (χ4v) is 2.61. The van der Waals surface area contributed by atoms with E-state index in [1.807, 2.05) is 13.8 Å². The number of aromatic nitrogens is 4. The number of fused-ring (bicyclic) bond motifs is 1. The molecule has 3 rings (SSSR count). The Kier molecular flexibility index (Phi) is 5.03. The first-order valence-electron chi connectivity index (χ1n) is 7.71. The van der Waals surface area contributed by atoms with Crippen LogP contribution in [0.5, 0.6) is 0 Å². The Balaban J connectivity index is 1.59. The second kappa shape index (κ2) is 7.40. The van der Waals surface area contributed by atoms with Crippen molar-refractivity contribution in [2.24, 2.45) is 0 Å². The zero-order chi connectivity index (χ0) is 18.7. The van der Waals surface area contributed by atoms with Crippen LogP contribution in [0.1, 0.15) is 17.0 Å². The summed E-state index contributed by atoms with van der Waals surface area (Å²) >= 11 is 5.09.